The second-order valence-corrected chi connectivity index (χ2v) is 7.14. The van der Waals surface area contributed by atoms with Gasteiger partial charge in [0.25, 0.3) is 0 Å². The van der Waals surface area contributed by atoms with Gasteiger partial charge >= 0.3 is 6.18 Å². The molecule has 9 heteroatoms. The number of halogens is 3. The van der Waals surface area contributed by atoms with Gasteiger partial charge in [-0.15, -0.1) is 0 Å². The lowest BCUT2D eigenvalue weighted by Crippen LogP contribution is -2.47. The highest BCUT2D eigenvalue weighted by Gasteiger charge is 2.30. The topological polar surface area (TPSA) is 58.6 Å². The second kappa shape index (κ2) is 7.16. The highest BCUT2D eigenvalue weighted by Crippen LogP contribution is 2.29. The van der Waals surface area contributed by atoms with Crippen molar-refractivity contribution in [2.24, 2.45) is 0 Å². The average Bonchev–Trinajstić information content (AvgIpc) is 2.53. The average molecular weight is 352 g/mol. The van der Waals surface area contributed by atoms with E-state index in [2.05, 4.69) is 9.62 Å². The minimum absolute atomic E-state index is 0.0249. The summed E-state index contributed by atoms with van der Waals surface area (Å²) in [5.41, 5.74) is -0.877. The first-order chi connectivity index (χ1) is 10.7. The molecule has 0 aromatic heterocycles. The van der Waals surface area contributed by atoms with Crippen LogP contribution in [0, 0.1) is 0 Å². The fraction of sp³-hybridized carbons (Fsp3) is 0.571. The molecular weight excluding hydrogens is 333 g/mol. The van der Waals surface area contributed by atoms with Crippen molar-refractivity contribution >= 4 is 10.0 Å². The quantitative estimate of drug-likeness (QED) is 0.876. The van der Waals surface area contributed by atoms with Crippen LogP contribution in [0.25, 0.3) is 0 Å². The number of nitrogens with zero attached hydrogens (tertiary/aromatic N) is 1. The number of rotatable bonds is 5. The Labute approximate surface area is 133 Å². The van der Waals surface area contributed by atoms with E-state index in [4.69, 9.17) is 4.74 Å². The SMILES string of the molecule is C[C@H](CNS(=O)(=O)c1ccc(C(F)(F)F)cc1)N1CCOCC1. The fourth-order valence-electron chi connectivity index (χ4n) is 2.28. The Hall–Kier alpha value is -1.16. The van der Waals surface area contributed by atoms with Crippen LogP contribution in [0.2, 0.25) is 0 Å². The molecule has 130 valence electrons. The van der Waals surface area contributed by atoms with Gasteiger partial charge in [-0.2, -0.15) is 13.2 Å². The van der Waals surface area contributed by atoms with Crippen molar-refractivity contribution in [3.63, 3.8) is 0 Å². The molecule has 0 unspecified atom stereocenters. The van der Waals surface area contributed by atoms with Crippen molar-refractivity contribution in [3.8, 4) is 0 Å². The predicted octanol–water partition coefficient (Wildman–Crippen LogP) is 1.70. The van der Waals surface area contributed by atoms with Crippen LogP contribution >= 0.6 is 0 Å². The van der Waals surface area contributed by atoms with E-state index in [9.17, 15) is 21.6 Å². The second-order valence-electron chi connectivity index (χ2n) is 5.37. The van der Waals surface area contributed by atoms with E-state index in [1.807, 2.05) is 6.92 Å². The number of benzene rings is 1. The van der Waals surface area contributed by atoms with Crippen molar-refractivity contribution in [2.75, 3.05) is 32.8 Å². The van der Waals surface area contributed by atoms with Crippen LogP contribution in [0.3, 0.4) is 0 Å². The van der Waals surface area contributed by atoms with Crippen molar-refractivity contribution in [1.82, 2.24) is 9.62 Å². The molecule has 0 aliphatic carbocycles. The van der Waals surface area contributed by atoms with Crippen LogP contribution in [0.4, 0.5) is 13.2 Å². The van der Waals surface area contributed by atoms with Gasteiger partial charge in [-0.1, -0.05) is 0 Å². The molecule has 0 spiro atoms. The Morgan fingerprint density at radius 2 is 1.78 bits per heavy atom. The van der Waals surface area contributed by atoms with E-state index in [-0.39, 0.29) is 17.5 Å². The molecule has 1 aliphatic rings. The first kappa shape index (κ1) is 18.2. The number of alkyl halides is 3. The predicted molar refractivity (Wildman–Crippen MR) is 78.5 cm³/mol. The van der Waals surface area contributed by atoms with Gasteiger partial charge in [-0.3, -0.25) is 4.90 Å². The minimum atomic E-state index is -4.49. The van der Waals surface area contributed by atoms with Gasteiger partial charge in [0.15, 0.2) is 0 Å². The Morgan fingerprint density at radius 3 is 2.30 bits per heavy atom. The molecule has 5 nitrogen and oxygen atoms in total. The molecule has 1 aromatic carbocycles. The molecular formula is C14H19F3N2O3S. The third-order valence-corrected chi connectivity index (χ3v) is 5.17. The molecule has 0 saturated carbocycles. The molecule has 1 heterocycles. The molecule has 0 radical (unpaired) electrons. The molecule has 1 aromatic rings. The van der Waals surface area contributed by atoms with Crippen molar-refractivity contribution in [1.29, 1.82) is 0 Å². The summed E-state index contributed by atoms with van der Waals surface area (Å²) in [6.07, 6.45) is -4.49. The molecule has 0 bridgehead atoms. The Morgan fingerprint density at radius 1 is 1.22 bits per heavy atom. The third-order valence-electron chi connectivity index (χ3n) is 3.73. The first-order valence-corrected chi connectivity index (χ1v) is 8.67. The van der Waals surface area contributed by atoms with Crippen LogP contribution in [0.15, 0.2) is 29.2 Å². The van der Waals surface area contributed by atoms with Crippen LogP contribution in [0.5, 0.6) is 0 Å². The maximum absolute atomic E-state index is 12.5. The van der Waals surface area contributed by atoms with Gasteiger partial charge in [-0.25, -0.2) is 13.1 Å². The van der Waals surface area contributed by atoms with E-state index in [1.165, 1.54) is 0 Å². The number of ether oxygens (including phenoxy) is 1. The standard InChI is InChI=1S/C14H19F3N2O3S/c1-11(19-6-8-22-9-7-19)10-18-23(20,21)13-4-2-12(3-5-13)14(15,16)17/h2-5,11,18H,6-10H2,1H3/t11-/m1/s1. The number of hydrogen-bond donors (Lipinski definition) is 1. The monoisotopic (exact) mass is 352 g/mol. The van der Waals surface area contributed by atoms with Crippen molar-refractivity contribution in [2.45, 2.75) is 24.0 Å². The van der Waals surface area contributed by atoms with Crippen molar-refractivity contribution < 1.29 is 26.3 Å². The molecule has 2 rings (SSSR count). The number of hydrogen-bond acceptors (Lipinski definition) is 4. The Bertz CT molecular complexity index is 611. The van der Waals surface area contributed by atoms with Gasteiger partial charge in [0.1, 0.15) is 0 Å². The summed E-state index contributed by atoms with van der Waals surface area (Å²) >= 11 is 0. The zero-order chi connectivity index (χ0) is 17.1. The first-order valence-electron chi connectivity index (χ1n) is 7.19. The molecule has 1 N–H and O–H groups in total. The molecule has 1 aliphatic heterocycles. The molecule has 1 saturated heterocycles. The molecule has 23 heavy (non-hydrogen) atoms. The third kappa shape index (κ3) is 4.90. The van der Waals surface area contributed by atoms with Gasteiger partial charge < -0.3 is 4.74 Å². The maximum Gasteiger partial charge on any atom is 0.416 e. The largest absolute Gasteiger partial charge is 0.416 e. The van der Waals surface area contributed by atoms with Crippen LogP contribution in [-0.2, 0) is 20.9 Å². The van der Waals surface area contributed by atoms with E-state index < -0.39 is 21.8 Å². The van der Waals surface area contributed by atoms with Gasteiger partial charge in [0.05, 0.1) is 23.7 Å². The maximum atomic E-state index is 12.5. The van der Waals surface area contributed by atoms with Crippen LogP contribution in [0.1, 0.15) is 12.5 Å². The molecule has 0 amide bonds. The van der Waals surface area contributed by atoms with E-state index in [0.717, 1.165) is 37.4 Å². The lowest BCUT2D eigenvalue weighted by Gasteiger charge is -2.32. The summed E-state index contributed by atoms with van der Waals surface area (Å²) in [6.45, 7) is 4.74. The summed E-state index contributed by atoms with van der Waals surface area (Å²) in [4.78, 5) is 1.92. The lowest BCUT2D eigenvalue weighted by molar-refractivity contribution is -0.137. The zero-order valence-electron chi connectivity index (χ0n) is 12.6. The molecule has 1 fully saturated rings. The lowest BCUT2D eigenvalue weighted by atomic mass is 10.2. The number of nitrogens with one attached hydrogen (secondary N) is 1. The van der Waals surface area contributed by atoms with E-state index in [1.54, 1.807) is 0 Å². The summed E-state index contributed by atoms with van der Waals surface area (Å²) in [5, 5.41) is 0. The summed E-state index contributed by atoms with van der Waals surface area (Å²) < 4.78 is 69.4. The number of sulfonamides is 1. The minimum Gasteiger partial charge on any atom is -0.379 e. The fourth-order valence-corrected chi connectivity index (χ4v) is 3.41. The normalized spacial score (nSPS) is 18.8. The highest BCUT2D eigenvalue weighted by atomic mass is 32.2. The zero-order valence-corrected chi connectivity index (χ0v) is 13.5. The Kier molecular flexibility index (Phi) is 5.66. The molecule has 1 atom stereocenters. The van der Waals surface area contributed by atoms with E-state index >= 15 is 0 Å². The smallest absolute Gasteiger partial charge is 0.379 e. The van der Waals surface area contributed by atoms with Crippen LogP contribution < -0.4 is 4.72 Å². The van der Waals surface area contributed by atoms with Crippen LogP contribution in [-0.4, -0.2) is 52.2 Å². The van der Waals surface area contributed by atoms with Gasteiger partial charge in [0.2, 0.25) is 10.0 Å². The van der Waals surface area contributed by atoms with Crippen molar-refractivity contribution in [3.05, 3.63) is 29.8 Å². The summed E-state index contributed by atoms with van der Waals surface area (Å²) in [6, 6.07) is 3.43. The van der Waals surface area contributed by atoms with Gasteiger partial charge in [0, 0.05) is 25.7 Å². The summed E-state index contributed by atoms with van der Waals surface area (Å²) in [7, 11) is -3.83. The highest BCUT2D eigenvalue weighted by molar-refractivity contribution is 7.89. The van der Waals surface area contributed by atoms with Gasteiger partial charge in [-0.05, 0) is 31.2 Å². The van der Waals surface area contributed by atoms with E-state index in [0.29, 0.717) is 13.2 Å². The Balaban J connectivity index is 1.98. The summed E-state index contributed by atoms with van der Waals surface area (Å²) in [5.74, 6) is 0. The number of morpholine rings is 1.